The number of ketones is 1. The molecule has 90 valence electrons. The Morgan fingerprint density at radius 2 is 2.12 bits per heavy atom. The number of carbonyl (C=O) groups is 2. The molecule has 2 N–H and O–H groups in total. The SMILES string of the molecule is CO[C@H]1C=C(COC(C)=O)C(=O)[C@H](O)[C@H]1O. The zero-order valence-electron chi connectivity index (χ0n) is 9.04. The molecule has 0 aromatic heterocycles. The summed E-state index contributed by atoms with van der Waals surface area (Å²) >= 11 is 0. The molecule has 0 heterocycles. The Morgan fingerprint density at radius 3 is 2.62 bits per heavy atom. The monoisotopic (exact) mass is 230 g/mol. The summed E-state index contributed by atoms with van der Waals surface area (Å²) in [4.78, 5) is 22.1. The number of methoxy groups -OCH3 is 1. The first-order valence-corrected chi connectivity index (χ1v) is 4.74. The van der Waals surface area contributed by atoms with Gasteiger partial charge in [-0.2, -0.15) is 0 Å². The molecule has 3 atom stereocenters. The molecule has 0 fully saturated rings. The fourth-order valence-electron chi connectivity index (χ4n) is 1.41. The first-order chi connectivity index (χ1) is 7.47. The Hall–Kier alpha value is -1.24. The van der Waals surface area contributed by atoms with Gasteiger partial charge in [0.2, 0.25) is 0 Å². The maximum absolute atomic E-state index is 11.5. The summed E-state index contributed by atoms with van der Waals surface area (Å²) in [6.07, 6.45) is -2.26. The van der Waals surface area contributed by atoms with Crippen molar-refractivity contribution in [2.75, 3.05) is 13.7 Å². The largest absolute Gasteiger partial charge is 0.461 e. The second-order valence-corrected chi connectivity index (χ2v) is 3.47. The molecule has 0 unspecified atom stereocenters. The molecular weight excluding hydrogens is 216 g/mol. The number of hydrogen-bond donors (Lipinski definition) is 2. The standard InChI is InChI=1S/C10H14O6/c1-5(11)16-4-6-3-7(15-2)9(13)10(14)8(6)12/h3,7,9-10,13-14H,4H2,1-2H3/t7-,9-,10-/m0/s1. The minimum Gasteiger partial charge on any atom is -0.461 e. The average molecular weight is 230 g/mol. The van der Waals surface area contributed by atoms with E-state index in [9.17, 15) is 19.8 Å². The van der Waals surface area contributed by atoms with E-state index >= 15 is 0 Å². The van der Waals surface area contributed by atoms with Gasteiger partial charge >= 0.3 is 5.97 Å². The molecule has 6 heteroatoms. The number of carbonyl (C=O) groups excluding carboxylic acids is 2. The number of hydrogen-bond acceptors (Lipinski definition) is 6. The third kappa shape index (κ3) is 2.66. The maximum Gasteiger partial charge on any atom is 0.302 e. The minimum absolute atomic E-state index is 0.125. The van der Waals surface area contributed by atoms with Crippen LogP contribution in [0.25, 0.3) is 0 Å². The highest BCUT2D eigenvalue weighted by Crippen LogP contribution is 2.18. The quantitative estimate of drug-likeness (QED) is 0.591. The number of aliphatic hydroxyl groups excluding tert-OH is 2. The van der Waals surface area contributed by atoms with E-state index in [0.29, 0.717) is 0 Å². The van der Waals surface area contributed by atoms with Gasteiger partial charge in [0.25, 0.3) is 0 Å². The normalized spacial score (nSPS) is 29.9. The molecule has 1 rings (SSSR count). The molecule has 0 aromatic rings. The topological polar surface area (TPSA) is 93.1 Å². The number of esters is 1. The van der Waals surface area contributed by atoms with Crippen LogP contribution < -0.4 is 0 Å². The lowest BCUT2D eigenvalue weighted by Crippen LogP contribution is -2.47. The second kappa shape index (κ2) is 5.20. The van der Waals surface area contributed by atoms with Crippen LogP contribution >= 0.6 is 0 Å². The molecular formula is C10H14O6. The van der Waals surface area contributed by atoms with E-state index in [2.05, 4.69) is 4.74 Å². The summed E-state index contributed by atoms with van der Waals surface area (Å²) in [7, 11) is 1.34. The van der Waals surface area contributed by atoms with E-state index < -0.39 is 30.1 Å². The van der Waals surface area contributed by atoms with Gasteiger partial charge in [-0.15, -0.1) is 0 Å². The van der Waals surface area contributed by atoms with Crippen LogP contribution in [0.3, 0.4) is 0 Å². The summed E-state index contributed by atoms with van der Waals surface area (Å²) in [6, 6.07) is 0. The molecule has 0 saturated heterocycles. The summed E-state index contributed by atoms with van der Waals surface area (Å²) in [5, 5.41) is 18.9. The molecule has 0 amide bonds. The predicted molar refractivity (Wildman–Crippen MR) is 52.5 cm³/mol. The minimum atomic E-state index is -1.54. The van der Waals surface area contributed by atoms with Gasteiger partial charge in [-0.25, -0.2) is 0 Å². The Kier molecular flexibility index (Phi) is 4.17. The van der Waals surface area contributed by atoms with Crippen molar-refractivity contribution < 1.29 is 29.3 Å². The van der Waals surface area contributed by atoms with E-state index in [1.165, 1.54) is 20.1 Å². The van der Waals surface area contributed by atoms with Crippen molar-refractivity contribution in [3.05, 3.63) is 11.6 Å². The van der Waals surface area contributed by atoms with Crippen molar-refractivity contribution in [2.24, 2.45) is 0 Å². The lowest BCUT2D eigenvalue weighted by Gasteiger charge is -2.28. The predicted octanol–water partition coefficient (Wildman–Crippen LogP) is -1.20. The molecule has 1 aliphatic carbocycles. The summed E-state index contributed by atoms with van der Waals surface area (Å²) in [5.74, 6) is -1.18. The van der Waals surface area contributed by atoms with Crippen molar-refractivity contribution in [3.63, 3.8) is 0 Å². The highest BCUT2D eigenvalue weighted by molar-refractivity contribution is 6.00. The van der Waals surface area contributed by atoms with Crippen LogP contribution in [-0.4, -0.2) is 54.0 Å². The van der Waals surface area contributed by atoms with Gasteiger partial charge < -0.3 is 19.7 Å². The van der Waals surface area contributed by atoms with E-state index in [1.807, 2.05) is 0 Å². The lowest BCUT2D eigenvalue weighted by atomic mass is 9.91. The molecule has 0 bridgehead atoms. The Morgan fingerprint density at radius 1 is 1.50 bits per heavy atom. The van der Waals surface area contributed by atoms with Crippen LogP contribution in [0.4, 0.5) is 0 Å². The fraction of sp³-hybridized carbons (Fsp3) is 0.600. The zero-order valence-corrected chi connectivity index (χ0v) is 9.04. The second-order valence-electron chi connectivity index (χ2n) is 3.47. The Bertz CT molecular complexity index is 321. The highest BCUT2D eigenvalue weighted by atomic mass is 16.5. The van der Waals surface area contributed by atoms with Crippen molar-refractivity contribution in [3.8, 4) is 0 Å². The summed E-state index contributed by atoms with van der Waals surface area (Å²) in [6.45, 7) is 0.991. The van der Waals surface area contributed by atoms with E-state index in [0.717, 1.165) is 0 Å². The van der Waals surface area contributed by atoms with Crippen LogP contribution in [-0.2, 0) is 19.1 Å². The molecule has 16 heavy (non-hydrogen) atoms. The molecule has 1 aliphatic rings. The zero-order chi connectivity index (χ0) is 12.3. The molecule has 0 aliphatic heterocycles. The third-order valence-corrected chi connectivity index (χ3v) is 2.31. The highest BCUT2D eigenvalue weighted by Gasteiger charge is 2.37. The van der Waals surface area contributed by atoms with Crippen LogP contribution in [0.15, 0.2) is 11.6 Å². The molecule has 0 saturated carbocycles. The maximum atomic E-state index is 11.5. The summed E-state index contributed by atoms with van der Waals surface area (Å²) in [5.41, 5.74) is 0.125. The smallest absolute Gasteiger partial charge is 0.302 e. The lowest BCUT2D eigenvalue weighted by molar-refractivity contribution is -0.142. The molecule has 0 radical (unpaired) electrons. The average Bonchev–Trinajstić information content (AvgIpc) is 2.25. The van der Waals surface area contributed by atoms with E-state index in [1.54, 1.807) is 0 Å². The van der Waals surface area contributed by atoms with E-state index in [-0.39, 0.29) is 12.2 Å². The number of ether oxygens (including phenoxy) is 2. The van der Waals surface area contributed by atoms with Crippen molar-refractivity contribution in [1.29, 1.82) is 0 Å². The van der Waals surface area contributed by atoms with Crippen molar-refractivity contribution in [1.82, 2.24) is 0 Å². The van der Waals surface area contributed by atoms with E-state index in [4.69, 9.17) is 4.74 Å². The first kappa shape index (κ1) is 12.8. The molecule has 0 aromatic carbocycles. The summed E-state index contributed by atoms with van der Waals surface area (Å²) < 4.78 is 9.53. The number of Topliss-reactive ketones (excluding diaryl/α,β-unsaturated/α-hetero) is 1. The van der Waals surface area contributed by atoms with Crippen molar-refractivity contribution >= 4 is 11.8 Å². The van der Waals surface area contributed by atoms with Gasteiger partial charge in [0.05, 0.1) is 0 Å². The van der Waals surface area contributed by atoms with Gasteiger partial charge in [0, 0.05) is 19.6 Å². The van der Waals surface area contributed by atoms with Gasteiger partial charge in [-0.1, -0.05) is 0 Å². The molecule has 0 spiro atoms. The van der Waals surface area contributed by atoms with Gasteiger partial charge in [-0.05, 0) is 6.08 Å². The van der Waals surface area contributed by atoms with Gasteiger partial charge in [0.1, 0.15) is 24.9 Å². The Balaban J connectivity index is 2.81. The van der Waals surface area contributed by atoms with Crippen molar-refractivity contribution in [2.45, 2.75) is 25.2 Å². The van der Waals surface area contributed by atoms with Gasteiger partial charge in [0.15, 0.2) is 5.78 Å². The first-order valence-electron chi connectivity index (χ1n) is 4.74. The Labute approximate surface area is 92.5 Å². The fourth-order valence-corrected chi connectivity index (χ4v) is 1.41. The van der Waals surface area contributed by atoms with Crippen LogP contribution in [0.2, 0.25) is 0 Å². The van der Waals surface area contributed by atoms with Crippen LogP contribution in [0.1, 0.15) is 6.92 Å². The third-order valence-electron chi connectivity index (χ3n) is 2.31. The number of rotatable bonds is 3. The molecule has 6 nitrogen and oxygen atoms in total. The number of aliphatic hydroxyl groups is 2. The van der Waals surface area contributed by atoms with Crippen LogP contribution in [0.5, 0.6) is 0 Å². The van der Waals surface area contributed by atoms with Gasteiger partial charge in [-0.3, -0.25) is 9.59 Å². The van der Waals surface area contributed by atoms with Crippen LogP contribution in [0, 0.1) is 0 Å².